The SMILES string of the molecule is CCNC(=O)c1ccc(Nc2ccc(CC(=O)O)cc2)c(NS(=O)(=O)c2ccc(C)cc2)c1. The Morgan fingerprint density at radius 3 is 2.18 bits per heavy atom. The maximum absolute atomic E-state index is 13.0. The Balaban J connectivity index is 1.94. The number of nitrogens with one attached hydrogen (secondary N) is 3. The van der Waals surface area contributed by atoms with Crippen LogP contribution in [0.5, 0.6) is 0 Å². The fraction of sp³-hybridized carbons (Fsp3) is 0.167. The quantitative estimate of drug-likeness (QED) is 0.378. The van der Waals surface area contributed by atoms with Gasteiger partial charge in [-0.05, 0) is 61.9 Å². The van der Waals surface area contributed by atoms with Crippen LogP contribution in [0.15, 0.2) is 71.6 Å². The third kappa shape index (κ3) is 6.33. The van der Waals surface area contributed by atoms with E-state index in [0.29, 0.717) is 29.0 Å². The molecule has 9 heteroatoms. The van der Waals surface area contributed by atoms with Gasteiger partial charge in [-0.15, -0.1) is 0 Å². The number of anilines is 3. The summed E-state index contributed by atoms with van der Waals surface area (Å²) in [7, 11) is -3.91. The molecule has 0 saturated heterocycles. The highest BCUT2D eigenvalue weighted by atomic mass is 32.2. The van der Waals surface area contributed by atoms with Gasteiger partial charge in [0.2, 0.25) is 0 Å². The predicted molar refractivity (Wildman–Crippen MR) is 128 cm³/mol. The summed E-state index contributed by atoms with van der Waals surface area (Å²) < 4.78 is 28.5. The van der Waals surface area contributed by atoms with Crippen molar-refractivity contribution in [3.8, 4) is 0 Å². The van der Waals surface area contributed by atoms with Crippen molar-refractivity contribution < 1.29 is 23.1 Å². The highest BCUT2D eigenvalue weighted by Gasteiger charge is 2.18. The van der Waals surface area contributed by atoms with Gasteiger partial charge in [-0.1, -0.05) is 29.8 Å². The number of carboxylic acid groups (broad SMARTS) is 1. The molecular weight excluding hydrogens is 442 g/mol. The molecule has 8 nitrogen and oxygen atoms in total. The number of carbonyl (C=O) groups is 2. The van der Waals surface area contributed by atoms with Gasteiger partial charge in [0, 0.05) is 17.8 Å². The molecule has 0 fully saturated rings. The smallest absolute Gasteiger partial charge is 0.307 e. The second-order valence-corrected chi connectivity index (χ2v) is 9.11. The molecule has 3 aromatic rings. The molecule has 0 aliphatic carbocycles. The first-order chi connectivity index (χ1) is 15.7. The van der Waals surface area contributed by atoms with Crippen molar-refractivity contribution in [2.45, 2.75) is 25.2 Å². The zero-order chi connectivity index (χ0) is 24.0. The van der Waals surface area contributed by atoms with Crippen molar-refractivity contribution in [3.05, 3.63) is 83.4 Å². The maximum Gasteiger partial charge on any atom is 0.307 e. The Bertz CT molecular complexity index is 1250. The molecular formula is C24H25N3O5S. The fourth-order valence-corrected chi connectivity index (χ4v) is 4.17. The topological polar surface area (TPSA) is 125 Å². The van der Waals surface area contributed by atoms with Crippen molar-refractivity contribution >= 4 is 39.0 Å². The Kier molecular flexibility index (Phi) is 7.34. The van der Waals surface area contributed by atoms with Crippen molar-refractivity contribution in [1.29, 1.82) is 0 Å². The first-order valence-electron chi connectivity index (χ1n) is 10.3. The van der Waals surface area contributed by atoms with Crippen LogP contribution in [0.25, 0.3) is 0 Å². The van der Waals surface area contributed by atoms with E-state index in [-0.39, 0.29) is 22.9 Å². The molecule has 4 N–H and O–H groups in total. The number of aryl methyl sites for hydroxylation is 1. The molecule has 1 amide bonds. The summed E-state index contributed by atoms with van der Waals surface area (Å²) in [4.78, 5) is 23.3. The van der Waals surface area contributed by atoms with E-state index in [2.05, 4.69) is 15.4 Å². The lowest BCUT2D eigenvalue weighted by Crippen LogP contribution is -2.23. The molecule has 33 heavy (non-hydrogen) atoms. The van der Waals surface area contributed by atoms with Crippen molar-refractivity contribution in [1.82, 2.24) is 5.32 Å². The summed E-state index contributed by atoms with van der Waals surface area (Å²) in [5.74, 6) is -1.25. The average molecular weight is 468 g/mol. The van der Waals surface area contributed by atoms with Gasteiger partial charge in [0.15, 0.2) is 0 Å². The average Bonchev–Trinajstić information content (AvgIpc) is 2.76. The highest BCUT2D eigenvalue weighted by Crippen LogP contribution is 2.29. The maximum atomic E-state index is 13.0. The monoisotopic (exact) mass is 467 g/mol. The number of benzene rings is 3. The van der Waals surface area contributed by atoms with Crippen molar-refractivity contribution in [2.24, 2.45) is 0 Å². The molecule has 3 aromatic carbocycles. The number of sulfonamides is 1. The van der Waals surface area contributed by atoms with Crippen LogP contribution in [0, 0.1) is 6.92 Å². The van der Waals surface area contributed by atoms with Gasteiger partial charge in [-0.25, -0.2) is 8.42 Å². The summed E-state index contributed by atoms with van der Waals surface area (Å²) >= 11 is 0. The van der Waals surface area contributed by atoms with E-state index in [1.807, 2.05) is 6.92 Å². The lowest BCUT2D eigenvalue weighted by molar-refractivity contribution is -0.136. The van der Waals surface area contributed by atoms with Crippen LogP contribution >= 0.6 is 0 Å². The third-order valence-corrected chi connectivity index (χ3v) is 6.16. The summed E-state index contributed by atoms with van der Waals surface area (Å²) in [6.07, 6.45) is -0.0941. The Hall–Kier alpha value is -3.85. The normalized spacial score (nSPS) is 11.0. The number of hydrogen-bond donors (Lipinski definition) is 4. The van der Waals surface area contributed by atoms with E-state index in [9.17, 15) is 18.0 Å². The molecule has 0 radical (unpaired) electrons. The van der Waals surface area contributed by atoms with E-state index in [0.717, 1.165) is 5.56 Å². The van der Waals surface area contributed by atoms with E-state index in [4.69, 9.17) is 5.11 Å². The number of rotatable bonds is 9. The molecule has 0 aliphatic rings. The van der Waals surface area contributed by atoms with Gasteiger partial charge >= 0.3 is 5.97 Å². The number of aliphatic carboxylic acids is 1. The highest BCUT2D eigenvalue weighted by molar-refractivity contribution is 7.92. The minimum Gasteiger partial charge on any atom is -0.481 e. The molecule has 0 aromatic heterocycles. The Morgan fingerprint density at radius 1 is 0.909 bits per heavy atom. The standard InChI is InChI=1S/C24H25N3O5S/c1-3-25-24(30)18-8-13-21(26-19-9-6-17(7-10-19)14-23(28)29)22(15-18)27-33(31,32)20-11-4-16(2)5-12-20/h4-13,15,26-27H,3,14H2,1-2H3,(H,25,30)(H,28,29). The second kappa shape index (κ2) is 10.2. The van der Waals surface area contributed by atoms with Gasteiger partial charge < -0.3 is 15.7 Å². The molecule has 0 atom stereocenters. The lowest BCUT2D eigenvalue weighted by atomic mass is 10.1. The minimum atomic E-state index is -3.91. The molecule has 0 spiro atoms. The van der Waals surface area contributed by atoms with Crippen LogP contribution in [0.2, 0.25) is 0 Å². The van der Waals surface area contributed by atoms with Crippen LogP contribution in [0.1, 0.15) is 28.4 Å². The molecule has 0 aliphatic heterocycles. The van der Waals surface area contributed by atoms with Gasteiger partial charge in [0.25, 0.3) is 15.9 Å². The van der Waals surface area contributed by atoms with E-state index < -0.39 is 16.0 Å². The van der Waals surface area contributed by atoms with E-state index in [1.54, 1.807) is 55.5 Å². The number of carbonyl (C=O) groups excluding carboxylic acids is 1. The molecule has 0 saturated carbocycles. The van der Waals surface area contributed by atoms with Gasteiger partial charge in [-0.2, -0.15) is 0 Å². The Labute approximate surface area is 192 Å². The first kappa shape index (κ1) is 23.8. The first-order valence-corrected chi connectivity index (χ1v) is 11.8. The zero-order valence-electron chi connectivity index (χ0n) is 18.3. The van der Waals surface area contributed by atoms with Gasteiger partial charge in [0.1, 0.15) is 0 Å². The van der Waals surface area contributed by atoms with Crippen LogP contribution in [0.4, 0.5) is 17.1 Å². The van der Waals surface area contributed by atoms with Gasteiger partial charge in [0.05, 0.1) is 22.7 Å². The van der Waals surface area contributed by atoms with Crippen LogP contribution in [-0.4, -0.2) is 31.9 Å². The van der Waals surface area contributed by atoms with Gasteiger partial charge in [-0.3, -0.25) is 14.3 Å². The number of carboxylic acids is 1. The summed E-state index contributed by atoms with van der Waals surface area (Å²) in [5, 5.41) is 14.7. The van der Waals surface area contributed by atoms with Crippen LogP contribution < -0.4 is 15.4 Å². The predicted octanol–water partition coefficient (Wildman–Crippen LogP) is 3.92. The molecule has 3 rings (SSSR count). The molecule has 0 bridgehead atoms. The van der Waals surface area contributed by atoms with E-state index >= 15 is 0 Å². The zero-order valence-corrected chi connectivity index (χ0v) is 19.1. The lowest BCUT2D eigenvalue weighted by Gasteiger charge is -2.16. The van der Waals surface area contributed by atoms with Crippen LogP contribution in [-0.2, 0) is 21.2 Å². The van der Waals surface area contributed by atoms with E-state index in [1.165, 1.54) is 18.2 Å². The van der Waals surface area contributed by atoms with Crippen molar-refractivity contribution in [2.75, 3.05) is 16.6 Å². The molecule has 0 heterocycles. The molecule has 172 valence electrons. The fourth-order valence-electron chi connectivity index (χ4n) is 3.10. The summed E-state index contributed by atoms with van der Waals surface area (Å²) in [6, 6.07) is 17.9. The molecule has 0 unspecified atom stereocenters. The third-order valence-electron chi connectivity index (χ3n) is 4.78. The second-order valence-electron chi connectivity index (χ2n) is 7.43. The minimum absolute atomic E-state index is 0.0941. The van der Waals surface area contributed by atoms with Crippen molar-refractivity contribution in [3.63, 3.8) is 0 Å². The largest absolute Gasteiger partial charge is 0.481 e. The summed E-state index contributed by atoms with van der Waals surface area (Å²) in [6.45, 7) is 4.10. The Morgan fingerprint density at radius 2 is 1.58 bits per heavy atom. The van der Waals surface area contributed by atoms with Crippen LogP contribution in [0.3, 0.4) is 0 Å². The number of amides is 1. The summed E-state index contributed by atoms with van der Waals surface area (Å²) in [5.41, 5.74) is 3.14. The number of hydrogen-bond acceptors (Lipinski definition) is 5.